The van der Waals surface area contributed by atoms with Gasteiger partial charge in [0.15, 0.2) is 0 Å². The van der Waals surface area contributed by atoms with Crippen molar-refractivity contribution < 1.29 is 4.79 Å². The van der Waals surface area contributed by atoms with Crippen LogP contribution in [0.5, 0.6) is 0 Å². The van der Waals surface area contributed by atoms with Gasteiger partial charge in [0.1, 0.15) is 10.8 Å². The SMILES string of the molecule is CCCN(CC1CC1)C(=O)c1c(CC)nc2n(-c3c(C)cc(C)cc3C)c(Cl)cn12. The second-order valence-electron chi connectivity index (χ2n) is 8.66. The first kappa shape index (κ1) is 21.0. The van der Waals surface area contributed by atoms with Crippen molar-refractivity contribution in [2.45, 2.75) is 60.3 Å². The lowest BCUT2D eigenvalue weighted by Crippen LogP contribution is -2.35. The number of halogens is 1. The van der Waals surface area contributed by atoms with Gasteiger partial charge in [-0.15, -0.1) is 0 Å². The number of amides is 1. The zero-order valence-corrected chi connectivity index (χ0v) is 19.4. The van der Waals surface area contributed by atoms with Crippen LogP contribution in [0.2, 0.25) is 5.15 Å². The molecule has 0 atom stereocenters. The van der Waals surface area contributed by atoms with E-state index in [0.717, 1.165) is 42.0 Å². The van der Waals surface area contributed by atoms with Gasteiger partial charge >= 0.3 is 0 Å². The first-order chi connectivity index (χ1) is 14.3. The molecular formula is C24H31ClN4O. The lowest BCUT2D eigenvalue weighted by Gasteiger charge is -2.22. The van der Waals surface area contributed by atoms with Gasteiger partial charge in [-0.2, -0.15) is 0 Å². The third-order valence-electron chi connectivity index (χ3n) is 5.97. The summed E-state index contributed by atoms with van der Waals surface area (Å²) >= 11 is 6.71. The molecule has 160 valence electrons. The Morgan fingerprint density at radius 1 is 1.20 bits per heavy atom. The fourth-order valence-corrected chi connectivity index (χ4v) is 4.78. The molecule has 0 radical (unpaired) electrons. The molecule has 0 aliphatic heterocycles. The molecule has 0 bridgehead atoms. The third kappa shape index (κ3) is 3.64. The average molecular weight is 427 g/mol. The van der Waals surface area contributed by atoms with Crippen molar-refractivity contribution in [3.63, 3.8) is 0 Å². The number of imidazole rings is 2. The van der Waals surface area contributed by atoms with Gasteiger partial charge < -0.3 is 4.90 Å². The molecule has 1 fully saturated rings. The molecule has 1 aliphatic rings. The fourth-order valence-electron chi connectivity index (χ4n) is 4.52. The number of carbonyl (C=O) groups excluding carboxylic acids is 1. The Balaban J connectivity index is 1.87. The Morgan fingerprint density at radius 3 is 2.43 bits per heavy atom. The zero-order chi connectivity index (χ0) is 21.6. The minimum absolute atomic E-state index is 0.0688. The Morgan fingerprint density at radius 2 is 1.87 bits per heavy atom. The number of aryl methyl sites for hydroxylation is 4. The summed E-state index contributed by atoms with van der Waals surface area (Å²) < 4.78 is 3.88. The summed E-state index contributed by atoms with van der Waals surface area (Å²) in [6.45, 7) is 12.1. The number of hydrogen-bond acceptors (Lipinski definition) is 2. The lowest BCUT2D eigenvalue weighted by molar-refractivity contribution is 0.0739. The number of carbonyl (C=O) groups is 1. The molecule has 0 spiro atoms. The zero-order valence-electron chi connectivity index (χ0n) is 18.6. The van der Waals surface area contributed by atoms with Gasteiger partial charge in [-0.1, -0.05) is 43.1 Å². The fraction of sp³-hybridized carbons (Fsp3) is 0.500. The topological polar surface area (TPSA) is 42.5 Å². The molecule has 2 heterocycles. The first-order valence-electron chi connectivity index (χ1n) is 11.0. The minimum atomic E-state index is 0.0688. The third-order valence-corrected chi connectivity index (χ3v) is 6.23. The Hall–Kier alpha value is -2.27. The molecule has 2 aromatic heterocycles. The minimum Gasteiger partial charge on any atom is -0.337 e. The molecule has 0 unspecified atom stereocenters. The van der Waals surface area contributed by atoms with Crippen molar-refractivity contribution >= 4 is 23.3 Å². The number of rotatable bonds is 7. The number of aromatic nitrogens is 3. The van der Waals surface area contributed by atoms with Gasteiger partial charge in [0.05, 0.1) is 11.4 Å². The largest absolute Gasteiger partial charge is 0.337 e. The molecule has 30 heavy (non-hydrogen) atoms. The maximum atomic E-state index is 13.6. The Labute approximate surface area is 183 Å². The van der Waals surface area contributed by atoms with Gasteiger partial charge in [-0.25, -0.2) is 4.98 Å². The van der Waals surface area contributed by atoms with E-state index >= 15 is 0 Å². The highest BCUT2D eigenvalue weighted by atomic mass is 35.5. The highest BCUT2D eigenvalue weighted by Gasteiger charge is 2.31. The van der Waals surface area contributed by atoms with E-state index in [0.29, 0.717) is 29.0 Å². The molecule has 4 rings (SSSR count). The number of fused-ring (bicyclic) bond motifs is 1. The average Bonchev–Trinajstić information content (AvgIpc) is 3.36. The molecule has 5 nitrogen and oxygen atoms in total. The van der Waals surface area contributed by atoms with E-state index in [2.05, 4.69) is 46.8 Å². The maximum Gasteiger partial charge on any atom is 0.272 e. The van der Waals surface area contributed by atoms with Gasteiger partial charge in [-0.05, 0) is 63.5 Å². The van der Waals surface area contributed by atoms with Crippen molar-refractivity contribution in [3.05, 3.63) is 51.6 Å². The summed E-state index contributed by atoms with van der Waals surface area (Å²) in [7, 11) is 0. The van der Waals surface area contributed by atoms with Crippen molar-refractivity contribution in [1.29, 1.82) is 0 Å². The van der Waals surface area contributed by atoms with Crippen LogP contribution in [-0.4, -0.2) is 37.8 Å². The van der Waals surface area contributed by atoms with Gasteiger partial charge in [0.2, 0.25) is 5.78 Å². The van der Waals surface area contributed by atoms with Gasteiger partial charge in [0.25, 0.3) is 5.91 Å². The van der Waals surface area contributed by atoms with Crippen molar-refractivity contribution in [3.8, 4) is 5.69 Å². The number of nitrogens with zero attached hydrogens (tertiary/aromatic N) is 4. The van der Waals surface area contributed by atoms with Crippen LogP contribution in [0.25, 0.3) is 11.5 Å². The quantitative estimate of drug-likeness (QED) is 0.498. The van der Waals surface area contributed by atoms with Crippen LogP contribution in [0, 0.1) is 26.7 Å². The van der Waals surface area contributed by atoms with Crippen LogP contribution in [-0.2, 0) is 6.42 Å². The van der Waals surface area contributed by atoms with Gasteiger partial charge in [0, 0.05) is 19.3 Å². The predicted molar refractivity (Wildman–Crippen MR) is 122 cm³/mol. The molecule has 0 saturated heterocycles. The monoisotopic (exact) mass is 426 g/mol. The summed E-state index contributed by atoms with van der Waals surface area (Å²) in [4.78, 5) is 20.5. The molecule has 6 heteroatoms. The standard InChI is InChI=1S/C24H31ClN4O/c1-6-10-27(13-18-8-9-18)23(30)22-19(7-2)26-24-28(22)14-20(25)29(24)21-16(4)11-15(3)12-17(21)5/h11-12,14,18H,6-10,13H2,1-5H3. The first-order valence-corrected chi connectivity index (χ1v) is 11.4. The van der Waals surface area contributed by atoms with Gasteiger partial charge in [-0.3, -0.25) is 13.8 Å². The second-order valence-corrected chi connectivity index (χ2v) is 9.05. The van der Waals surface area contributed by atoms with Crippen LogP contribution in [0.1, 0.15) is 66.0 Å². The van der Waals surface area contributed by atoms with Crippen LogP contribution in [0.15, 0.2) is 18.3 Å². The van der Waals surface area contributed by atoms with E-state index in [9.17, 15) is 4.79 Å². The Kier molecular flexibility index (Phi) is 5.67. The predicted octanol–water partition coefficient (Wildman–Crippen LogP) is 5.53. The van der Waals surface area contributed by atoms with Crippen molar-refractivity contribution in [2.24, 2.45) is 5.92 Å². The molecular weight excluding hydrogens is 396 g/mol. The molecule has 1 aromatic carbocycles. The second kappa shape index (κ2) is 8.10. The molecule has 3 aromatic rings. The maximum absolute atomic E-state index is 13.6. The van der Waals surface area contributed by atoms with E-state index < -0.39 is 0 Å². The Bertz CT molecular complexity index is 1080. The summed E-state index contributed by atoms with van der Waals surface area (Å²) in [5.41, 5.74) is 6.03. The van der Waals surface area contributed by atoms with Crippen LogP contribution in [0.4, 0.5) is 0 Å². The van der Waals surface area contributed by atoms with Crippen LogP contribution >= 0.6 is 11.6 Å². The van der Waals surface area contributed by atoms with Crippen molar-refractivity contribution in [1.82, 2.24) is 18.9 Å². The summed E-state index contributed by atoms with van der Waals surface area (Å²) in [6.07, 6.45) is 5.95. The van der Waals surface area contributed by atoms with E-state index in [-0.39, 0.29) is 5.91 Å². The lowest BCUT2D eigenvalue weighted by atomic mass is 10.1. The summed E-state index contributed by atoms with van der Waals surface area (Å²) in [5, 5.41) is 0.563. The smallest absolute Gasteiger partial charge is 0.272 e. The van der Waals surface area contributed by atoms with E-state index in [1.165, 1.54) is 18.4 Å². The number of hydrogen-bond donors (Lipinski definition) is 0. The highest BCUT2D eigenvalue weighted by Crippen LogP contribution is 2.32. The van der Waals surface area contributed by atoms with E-state index in [4.69, 9.17) is 16.6 Å². The van der Waals surface area contributed by atoms with Crippen molar-refractivity contribution in [2.75, 3.05) is 13.1 Å². The van der Waals surface area contributed by atoms with E-state index in [1.54, 1.807) is 0 Å². The summed E-state index contributed by atoms with van der Waals surface area (Å²) in [6, 6.07) is 4.31. The highest BCUT2D eigenvalue weighted by molar-refractivity contribution is 6.30. The normalized spacial score (nSPS) is 13.9. The molecule has 1 aliphatic carbocycles. The van der Waals surface area contributed by atoms with E-state index in [1.807, 2.05) is 20.1 Å². The molecule has 1 saturated carbocycles. The molecule has 0 N–H and O–H groups in total. The van der Waals surface area contributed by atoms with Crippen LogP contribution < -0.4 is 0 Å². The summed E-state index contributed by atoms with van der Waals surface area (Å²) in [5.74, 6) is 1.43. The van der Waals surface area contributed by atoms with Crippen LogP contribution in [0.3, 0.4) is 0 Å². The molecule has 1 amide bonds. The number of benzene rings is 1.